The molecule has 136 valence electrons. The molecule has 2 aromatic rings. The Morgan fingerprint density at radius 2 is 1.73 bits per heavy atom. The molecule has 1 N–H and O–H groups in total. The molecule has 26 heavy (non-hydrogen) atoms. The third kappa shape index (κ3) is 3.24. The van der Waals surface area contributed by atoms with Gasteiger partial charge >= 0.3 is 0 Å². The maximum Gasteiger partial charge on any atom is 0.161 e. The number of benzene rings is 2. The van der Waals surface area contributed by atoms with Crippen molar-refractivity contribution in [2.75, 3.05) is 18.8 Å². The Morgan fingerprint density at radius 1 is 1.08 bits per heavy atom. The fraction of sp³-hybridized carbons (Fsp3) is 0.350. The van der Waals surface area contributed by atoms with Crippen molar-refractivity contribution in [1.82, 2.24) is 4.90 Å². The molecule has 3 nitrogen and oxygen atoms in total. The Bertz CT molecular complexity index is 766. The van der Waals surface area contributed by atoms with Crippen LogP contribution in [0, 0.1) is 5.82 Å². The minimum atomic E-state index is -1.11. The Labute approximate surface area is 161 Å². The summed E-state index contributed by atoms with van der Waals surface area (Å²) < 4.78 is 13.5. The normalized spacial score (nSPS) is 24.0. The molecule has 2 aliphatic heterocycles. The average molecular weight is 391 g/mol. The van der Waals surface area contributed by atoms with Crippen LogP contribution < -0.4 is 0 Å². The molecule has 2 aliphatic rings. The molecular weight excluding hydrogens is 371 g/mol. The average Bonchev–Trinajstić information content (AvgIpc) is 2.82. The Kier molecular flexibility index (Phi) is 4.95. The first-order valence-corrected chi connectivity index (χ1v) is 10.1. The van der Waals surface area contributed by atoms with Crippen LogP contribution in [0.25, 0.3) is 0 Å². The second-order valence-electron chi connectivity index (χ2n) is 6.73. The van der Waals surface area contributed by atoms with Crippen molar-refractivity contribution in [2.45, 2.75) is 24.5 Å². The van der Waals surface area contributed by atoms with E-state index in [0.29, 0.717) is 10.8 Å². The molecule has 2 aromatic carbocycles. The van der Waals surface area contributed by atoms with Gasteiger partial charge in [-0.15, -0.1) is 0 Å². The summed E-state index contributed by atoms with van der Waals surface area (Å²) in [6.45, 7) is 1.57. The summed E-state index contributed by atoms with van der Waals surface area (Å²) in [5.41, 5.74) is 0.719. The van der Waals surface area contributed by atoms with Crippen molar-refractivity contribution in [3.8, 4) is 0 Å². The molecule has 4 rings (SSSR count). The summed E-state index contributed by atoms with van der Waals surface area (Å²) in [5.74, 6) is -0.0802. The highest BCUT2D eigenvalue weighted by Gasteiger charge is 2.50. The Hall–Kier alpha value is -1.56. The van der Waals surface area contributed by atoms with Crippen LogP contribution in [-0.2, 0) is 0 Å². The number of aliphatic hydroxyl groups is 1. The van der Waals surface area contributed by atoms with E-state index in [4.69, 9.17) is 11.6 Å². The van der Waals surface area contributed by atoms with E-state index in [9.17, 15) is 9.50 Å². The predicted octanol–water partition coefficient (Wildman–Crippen LogP) is 4.50. The van der Waals surface area contributed by atoms with Crippen molar-refractivity contribution >= 4 is 28.5 Å². The van der Waals surface area contributed by atoms with Crippen LogP contribution in [0.2, 0.25) is 5.02 Å². The zero-order valence-electron chi connectivity index (χ0n) is 14.2. The van der Waals surface area contributed by atoms with Crippen LogP contribution in [0.15, 0.2) is 53.5 Å². The van der Waals surface area contributed by atoms with Gasteiger partial charge in [0.05, 0.1) is 5.92 Å². The lowest BCUT2D eigenvalue weighted by atomic mass is 9.82. The fourth-order valence-electron chi connectivity index (χ4n) is 3.74. The molecule has 2 atom stereocenters. The van der Waals surface area contributed by atoms with Gasteiger partial charge in [0, 0.05) is 23.9 Å². The van der Waals surface area contributed by atoms with Gasteiger partial charge in [0.15, 0.2) is 10.9 Å². The number of fused-ring (bicyclic) bond motifs is 1. The van der Waals surface area contributed by atoms with Crippen LogP contribution in [0.1, 0.15) is 29.9 Å². The molecule has 0 spiro atoms. The zero-order valence-corrected chi connectivity index (χ0v) is 15.8. The molecule has 6 heteroatoms. The number of halogens is 2. The highest BCUT2D eigenvalue weighted by molar-refractivity contribution is 8.14. The number of amidine groups is 1. The molecule has 1 fully saturated rings. The van der Waals surface area contributed by atoms with E-state index in [1.165, 1.54) is 12.1 Å². The van der Waals surface area contributed by atoms with E-state index < -0.39 is 5.72 Å². The largest absolute Gasteiger partial charge is 0.369 e. The maximum atomic E-state index is 13.5. The SMILES string of the molecule is OC1(C(c2ccc(F)cc2)c2ccc(Cl)cc2)CSC2=NCCCCN21. The van der Waals surface area contributed by atoms with Crippen LogP contribution >= 0.6 is 23.4 Å². The van der Waals surface area contributed by atoms with E-state index in [1.54, 1.807) is 23.9 Å². The minimum Gasteiger partial charge on any atom is -0.369 e. The fourth-order valence-corrected chi connectivity index (χ4v) is 5.12. The summed E-state index contributed by atoms with van der Waals surface area (Å²) in [6.07, 6.45) is 2.02. The molecule has 0 radical (unpaired) electrons. The van der Waals surface area contributed by atoms with Gasteiger partial charge < -0.3 is 10.0 Å². The number of hydrogen-bond donors (Lipinski definition) is 1. The predicted molar refractivity (Wildman–Crippen MR) is 105 cm³/mol. The first-order valence-electron chi connectivity index (χ1n) is 8.76. The maximum absolute atomic E-state index is 13.5. The van der Waals surface area contributed by atoms with E-state index >= 15 is 0 Å². The monoisotopic (exact) mass is 390 g/mol. The van der Waals surface area contributed by atoms with Crippen molar-refractivity contribution in [2.24, 2.45) is 4.99 Å². The molecule has 0 bridgehead atoms. The number of aliphatic imine (C=N–C) groups is 1. The number of thioether (sulfide) groups is 1. The molecular formula is C20H20ClFN2OS. The van der Waals surface area contributed by atoms with Crippen LogP contribution in [-0.4, -0.2) is 39.7 Å². The van der Waals surface area contributed by atoms with Crippen molar-refractivity contribution < 1.29 is 9.50 Å². The van der Waals surface area contributed by atoms with Crippen molar-refractivity contribution in [3.63, 3.8) is 0 Å². The first kappa shape index (κ1) is 17.8. The Balaban J connectivity index is 1.82. The third-order valence-corrected chi connectivity index (χ3v) is 6.45. The van der Waals surface area contributed by atoms with Gasteiger partial charge in [-0.3, -0.25) is 4.99 Å². The van der Waals surface area contributed by atoms with Crippen LogP contribution in [0.4, 0.5) is 4.39 Å². The van der Waals surface area contributed by atoms with E-state index in [1.807, 2.05) is 29.2 Å². The smallest absolute Gasteiger partial charge is 0.161 e. The topological polar surface area (TPSA) is 35.8 Å². The standard InChI is InChI=1S/C20H20ClFN2OS/c21-16-7-3-14(4-8-16)18(15-5-9-17(22)10-6-15)20(25)13-26-19-23-11-1-2-12-24(19)20/h3-10,18,25H,1-2,11-13H2. The molecule has 1 saturated heterocycles. The molecule has 0 amide bonds. The number of rotatable bonds is 3. The van der Waals surface area contributed by atoms with Crippen LogP contribution in [0.5, 0.6) is 0 Å². The second-order valence-corrected chi connectivity index (χ2v) is 8.11. The summed E-state index contributed by atoms with van der Waals surface area (Å²) in [5, 5.41) is 13.4. The van der Waals surface area contributed by atoms with Gasteiger partial charge in [-0.2, -0.15) is 0 Å². The van der Waals surface area contributed by atoms with Crippen molar-refractivity contribution in [3.05, 3.63) is 70.5 Å². The van der Waals surface area contributed by atoms with Crippen molar-refractivity contribution in [1.29, 1.82) is 0 Å². The summed E-state index contributed by atoms with van der Waals surface area (Å²) in [6, 6.07) is 13.9. The highest BCUT2D eigenvalue weighted by atomic mass is 35.5. The third-order valence-electron chi connectivity index (χ3n) is 5.02. The quantitative estimate of drug-likeness (QED) is 0.838. The first-order chi connectivity index (χ1) is 12.6. The molecule has 2 heterocycles. The molecule has 2 unspecified atom stereocenters. The number of nitrogens with zero attached hydrogens (tertiary/aromatic N) is 2. The van der Waals surface area contributed by atoms with Gasteiger partial charge in [0.25, 0.3) is 0 Å². The molecule has 0 aliphatic carbocycles. The lowest BCUT2D eigenvalue weighted by Crippen LogP contribution is -2.52. The number of hydrogen-bond acceptors (Lipinski definition) is 4. The molecule has 0 saturated carbocycles. The summed E-state index contributed by atoms with van der Waals surface area (Å²) >= 11 is 7.66. The second kappa shape index (κ2) is 7.22. The van der Waals surface area contributed by atoms with E-state index in [-0.39, 0.29) is 11.7 Å². The summed E-state index contributed by atoms with van der Waals surface area (Å²) in [4.78, 5) is 6.68. The molecule has 0 aromatic heterocycles. The minimum absolute atomic E-state index is 0.284. The van der Waals surface area contributed by atoms with Gasteiger partial charge in [-0.25, -0.2) is 4.39 Å². The van der Waals surface area contributed by atoms with Gasteiger partial charge in [0.1, 0.15) is 5.82 Å². The lowest BCUT2D eigenvalue weighted by molar-refractivity contribution is -0.0552. The summed E-state index contributed by atoms with van der Waals surface area (Å²) in [7, 11) is 0. The Morgan fingerprint density at radius 3 is 2.42 bits per heavy atom. The van der Waals surface area contributed by atoms with E-state index in [0.717, 1.165) is 42.2 Å². The zero-order chi connectivity index (χ0) is 18.1. The van der Waals surface area contributed by atoms with Gasteiger partial charge in [-0.1, -0.05) is 47.6 Å². The van der Waals surface area contributed by atoms with E-state index in [2.05, 4.69) is 4.99 Å². The lowest BCUT2D eigenvalue weighted by Gasteiger charge is -2.40. The van der Waals surface area contributed by atoms with Gasteiger partial charge in [0.2, 0.25) is 0 Å². The van der Waals surface area contributed by atoms with Crippen LogP contribution in [0.3, 0.4) is 0 Å². The highest BCUT2D eigenvalue weighted by Crippen LogP contribution is 2.45. The van der Waals surface area contributed by atoms with Gasteiger partial charge in [-0.05, 0) is 48.2 Å².